The SMILES string of the molecule is CCCCCCCCCC(C)NC(C)O. The molecule has 0 saturated carbocycles. The fourth-order valence-electron chi connectivity index (χ4n) is 1.90. The summed E-state index contributed by atoms with van der Waals surface area (Å²) in [5.41, 5.74) is 0. The Morgan fingerprint density at radius 3 is 2.00 bits per heavy atom. The van der Waals surface area contributed by atoms with Gasteiger partial charge in [-0.1, -0.05) is 51.9 Å². The topological polar surface area (TPSA) is 32.3 Å². The quantitative estimate of drug-likeness (QED) is 0.432. The lowest BCUT2D eigenvalue weighted by Gasteiger charge is -2.15. The van der Waals surface area contributed by atoms with E-state index in [4.69, 9.17) is 5.11 Å². The molecule has 0 aromatic rings. The minimum Gasteiger partial charge on any atom is -0.379 e. The first kappa shape index (κ1) is 14.9. The largest absolute Gasteiger partial charge is 0.379 e. The zero-order valence-electron chi connectivity index (χ0n) is 10.8. The second-order valence-electron chi connectivity index (χ2n) is 4.65. The molecule has 0 aliphatic heterocycles. The van der Waals surface area contributed by atoms with Crippen molar-refractivity contribution in [2.24, 2.45) is 0 Å². The summed E-state index contributed by atoms with van der Waals surface area (Å²) in [5.74, 6) is 0. The van der Waals surface area contributed by atoms with Gasteiger partial charge in [0.25, 0.3) is 0 Å². The van der Waals surface area contributed by atoms with E-state index in [0.29, 0.717) is 6.04 Å². The standard InChI is InChI=1S/C13H29NO/c1-4-5-6-7-8-9-10-11-12(2)14-13(3)15/h12-15H,4-11H2,1-3H3. The third-order valence-electron chi connectivity index (χ3n) is 2.77. The van der Waals surface area contributed by atoms with E-state index in [2.05, 4.69) is 19.2 Å². The summed E-state index contributed by atoms with van der Waals surface area (Å²) < 4.78 is 0. The van der Waals surface area contributed by atoms with E-state index in [9.17, 15) is 0 Å². The van der Waals surface area contributed by atoms with Crippen LogP contribution >= 0.6 is 0 Å². The predicted molar refractivity (Wildman–Crippen MR) is 66.9 cm³/mol. The monoisotopic (exact) mass is 215 g/mol. The lowest BCUT2D eigenvalue weighted by atomic mass is 10.1. The lowest BCUT2D eigenvalue weighted by molar-refractivity contribution is 0.141. The number of aliphatic hydroxyl groups is 1. The van der Waals surface area contributed by atoms with Crippen molar-refractivity contribution < 1.29 is 5.11 Å². The highest BCUT2D eigenvalue weighted by Crippen LogP contribution is 2.09. The van der Waals surface area contributed by atoms with Gasteiger partial charge in [-0.15, -0.1) is 0 Å². The first-order valence-electron chi connectivity index (χ1n) is 6.61. The average Bonchev–Trinajstić information content (AvgIpc) is 2.15. The maximum Gasteiger partial charge on any atom is 0.102 e. The summed E-state index contributed by atoms with van der Waals surface area (Å²) >= 11 is 0. The molecule has 2 heteroatoms. The fraction of sp³-hybridized carbons (Fsp3) is 1.00. The van der Waals surface area contributed by atoms with Crippen LogP contribution in [0.1, 0.15) is 72.1 Å². The average molecular weight is 215 g/mol. The number of unbranched alkanes of at least 4 members (excludes halogenated alkanes) is 6. The van der Waals surface area contributed by atoms with Gasteiger partial charge in [-0.05, 0) is 20.3 Å². The molecule has 0 fully saturated rings. The highest BCUT2D eigenvalue weighted by molar-refractivity contribution is 4.60. The molecular weight excluding hydrogens is 186 g/mol. The highest BCUT2D eigenvalue weighted by atomic mass is 16.3. The number of aliphatic hydroxyl groups excluding tert-OH is 1. The van der Waals surface area contributed by atoms with Crippen molar-refractivity contribution >= 4 is 0 Å². The molecule has 0 spiro atoms. The van der Waals surface area contributed by atoms with Crippen molar-refractivity contribution in [1.82, 2.24) is 5.32 Å². The predicted octanol–water partition coefficient (Wildman–Crippen LogP) is 3.44. The van der Waals surface area contributed by atoms with E-state index >= 15 is 0 Å². The zero-order chi connectivity index (χ0) is 11.5. The summed E-state index contributed by atoms with van der Waals surface area (Å²) in [6.07, 6.45) is 10.3. The van der Waals surface area contributed by atoms with Crippen LogP contribution in [0.2, 0.25) is 0 Å². The van der Waals surface area contributed by atoms with Crippen LogP contribution in [0.25, 0.3) is 0 Å². The molecule has 0 heterocycles. The second-order valence-corrected chi connectivity index (χ2v) is 4.65. The third kappa shape index (κ3) is 11.8. The van der Waals surface area contributed by atoms with Crippen LogP contribution in [0.5, 0.6) is 0 Å². The van der Waals surface area contributed by atoms with E-state index < -0.39 is 0 Å². The maximum absolute atomic E-state index is 9.11. The number of rotatable bonds is 10. The smallest absolute Gasteiger partial charge is 0.102 e. The number of hydrogen-bond donors (Lipinski definition) is 2. The summed E-state index contributed by atoms with van der Waals surface area (Å²) in [5, 5.41) is 12.2. The van der Waals surface area contributed by atoms with Gasteiger partial charge in [-0.3, -0.25) is 5.32 Å². The Morgan fingerprint density at radius 2 is 1.47 bits per heavy atom. The van der Waals surface area contributed by atoms with Gasteiger partial charge in [-0.2, -0.15) is 0 Å². The summed E-state index contributed by atoms with van der Waals surface area (Å²) in [6, 6.07) is 0.445. The van der Waals surface area contributed by atoms with E-state index in [1.165, 1.54) is 51.4 Å². The normalized spacial score (nSPS) is 15.2. The van der Waals surface area contributed by atoms with Gasteiger partial charge in [0.1, 0.15) is 6.23 Å². The summed E-state index contributed by atoms with van der Waals surface area (Å²) in [7, 11) is 0. The molecular formula is C13H29NO. The molecule has 0 aromatic carbocycles. The van der Waals surface area contributed by atoms with E-state index in [1.807, 2.05) is 0 Å². The van der Waals surface area contributed by atoms with Gasteiger partial charge >= 0.3 is 0 Å². The Hall–Kier alpha value is -0.0800. The third-order valence-corrected chi connectivity index (χ3v) is 2.77. The second kappa shape index (κ2) is 10.4. The molecule has 0 aliphatic carbocycles. The summed E-state index contributed by atoms with van der Waals surface area (Å²) in [6.45, 7) is 6.18. The van der Waals surface area contributed by atoms with E-state index in [-0.39, 0.29) is 6.23 Å². The van der Waals surface area contributed by atoms with Crippen molar-refractivity contribution in [2.75, 3.05) is 0 Å². The molecule has 0 bridgehead atoms. The molecule has 2 unspecified atom stereocenters. The van der Waals surface area contributed by atoms with Gasteiger partial charge in [0.15, 0.2) is 0 Å². The van der Waals surface area contributed by atoms with Gasteiger partial charge in [0, 0.05) is 6.04 Å². The first-order valence-corrected chi connectivity index (χ1v) is 6.61. The molecule has 2 atom stereocenters. The Bertz CT molecular complexity index is 126. The molecule has 92 valence electrons. The van der Waals surface area contributed by atoms with Crippen molar-refractivity contribution in [2.45, 2.75) is 84.4 Å². The van der Waals surface area contributed by atoms with Crippen molar-refractivity contribution in [3.8, 4) is 0 Å². The first-order chi connectivity index (χ1) is 7.16. The van der Waals surface area contributed by atoms with Gasteiger partial charge in [0.2, 0.25) is 0 Å². The zero-order valence-corrected chi connectivity index (χ0v) is 10.8. The number of hydrogen-bond acceptors (Lipinski definition) is 2. The Balaban J connectivity index is 3.09. The summed E-state index contributed by atoms with van der Waals surface area (Å²) in [4.78, 5) is 0. The Kier molecular flexibility index (Phi) is 10.4. The van der Waals surface area contributed by atoms with Crippen LogP contribution in [0, 0.1) is 0 Å². The van der Waals surface area contributed by atoms with Gasteiger partial charge < -0.3 is 5.11 Å². The van der Waals surface area contributed by atoms with Crippen molar-refractivity contribution in [3.05, 3.63) is 0 Å². The van der Waals surface area contributed by atoms with Crippen LogP contribution in [0.3, 0.4) is 0 Å². The van der Waals surface area contributed by atoms with Crippen LogP contribution < -0.4 is 5.32 Å². The van der Waals surface area contributed by atoms with Gasteiger partial charge in [-0.25, -0.2) is 0 Å². The minimum absolute atomic E-state index is 0.371. The molecule has 0 aromatic heterocycles. The molecule has 15 heavy (non-hydrogen) atoms. The molecule has 0 amide bonds. The Morgan fingerprint density at radius 1 is 0.933 bits per heavy atom. The van der Waals surface area contributed by atoms with Crippen LogP contribution in [-0.4, -0.2) is 17.4 Å². The minimum atomic E-state index is -0.371. The van der Waals surface area contributed by atoms with Crippen LogP contribution in [-0.2, 0) is 0 Å². The van der Waals surface area contributed by atoms with Crippen LogP contribution in [0.4, 0.5) is 0 Å². The molecule has 0 aliphatic rings. The molecule has 0 saturated heterocycles. The van der Waals surface area contributed by atoms with Crippen molar-refractivity contribution in [3.63, 3.8) is 0 Å². The maximum atomic E-state index is 9.11. The highest BCUT2D eigenvalue weighted by Gasteiger charge is 2.03. The molecule has 0 radical (unpaired) electrons. The Labute approximate surface area is 95.5 Å². The fourth-order valence-corrected chi connectivity index (χ4v) is 1.90. The lowest BCUT2D eigenvalue weighted by Crippen LogP contribution is -2.33. The van der Waals surface area contributed by atoms with E-state index in [1.54, 1.807) is 6.92 Å². The van der Waals surface area contributed by atoms with Crippen LogP contribution in [0.15, 0.2) is 0 Å². The van der Waals surface area contributed by atoms with Crippen molar-refractivity contribution in [1.29, 1.82) is 0 Å². The van der Waals surface area contributed by atoms with E-state index in [0.717, 1.165) is 0 Å². The molecule has 0 rings (SSSR count). The molecule has 2 N–H and O–H groups in total. The number of nitrogens with one attached hydrogen (secondary N) is 1. The molecule has 2 nitrogen and oxygen atoms in total. The van der Waals surface area contributed by atoms with Gasteiger partial charge in [0.05, 0.1) is 0 Å².